The van der Waals surface area contributed by atoms with E-state index in [-0.39, 0.29) is 23.2 Å². The van der Waals surface area contributed by atoms with Crippen molar-refractivity contribution in [1.82, 2.24) is 0 Å². The second-order valence-electron chi connectivity index (χ2n) is 8.25. The Bertz CT molecular complexity index is 605. The van der Waals surface area contributed by atoms with Crippen molar-refractivity contribution in [3.8, 4) is 0 Å². The van der Waals surface area contributed by atoms with E-state index in [0.29, 0.717) is 13.0 Å². The van der Waals surface area contributed by atoms with Gasteiger partial charge in [-0.15, -0.1) is 0 Å². The van der Waals surface area contributed by atoms with E-state index in [1.54, 1.807) is 0 Å². The lowest BCUT2D eigenvalue weighted by molar-refractivity contribution is -0.164. The Hall–Kier alpha value is -1.58. The van der Waals surface area contributed by atoms with Crippen LogP contribution in [0.1, 0.15) is 58.8 Å². The van der Waals surface area contributed by atoms with Crippen molar-refractivity contribution in [2.45, 2.75) is 58.8 Å². The Morgan fingerprint density at radius 2 is 2.17 bits per heavy atom. The van der Waals surface area contributed by atoms with Crippen LogP contribution in [-0.2, 0) is 14.3 Å². The van der Waals surface area contributed by atoms with Crippen LogP contribution in [0.4, 0.5) is 0 Å². The zero-order chi connectivity index (χ0) is 17.5. The van der Waals surface area contributed by atoms with E-state index >= 15 is 0 Å². The number of esters is 1. The number of carboxylic acids is 1. The maximum Gasteiger partial charge on any atom is 0.334 e. The number of aliphatic carboxylic acids is 1. The van der Waals surface area contributed by atoms with Crippen molar-refractivity contribution < 1.29 is 19.4 Å². The summed E-state index contributed by atoms with van der Waals surface area (Å²) >= 11 is 0. The Kier molecular flexibility index (Phi) is 4.35. The van der Waals surface area contributed by atoms with Crippen LogP contribution in [0.3, 0.4) is 0 Å². The summed E-state index contributed by atoms with van der Waals surface area (Å²) in [5.41, 5.74) is 1.32. The summed E-state index contributed by atoms with van der Waals surface area (Å²) in [5.74, 6) is -0.398. The number of rotatable bonds is 4. The molecule has 2 aliphatic carbocycles. The number of hydrogen-bond donors (Lipinski definition) is 1. The largest absolute Gasteiger partial charge is 0.481 e. The van der Waals surface area contributed by atoms with Gasteiger partial charge in [0.05, 0.1) is 5.41 Å². The molecule has 0 bridgehead atoms. The summed E-state index contributed by atoms with van der Waals surface area (Å²) in [6, 6.07) is 0. The molecule has 0 amide bonds. The number of hydrogen-bond acceptors (Lipinski definition) is 3. The molecule has 0 radical (unpaired) electrons. The molecule has 24 heavy (non-hydrogen) atoms. The molecule has 4 atom stereocenters. The highest BCUT2D eigenvalue weighted by Crippen LogP contribution is 2.62. The quantitative estimate of drug-likeness (QED) is 0.621. The van der Waals surface area contributed by atoms with Crippen molar-refractivity contribution in [3.05, 3.63) is 23.8 Å². The molecule has 4 heteroatoms. The van der Waals surface area contributed by atoms with Crippen LogP contribution in [0.15, 0.2) is 23.8 Å². The minimum atomic E-state index is -0.660. The molecule has 1 heterocycles. The lowest BCUT2D eigenvalue weighted by Gasteiger charge is -2.57. The lowest BCUT2D eigenvalue weighted by atomic mass is 9.46. The average Bonchev–Trinajstić information content (AvgIpc) is 2.91. The summed E-state index contributed by atoms with van der Waals surface area (Å²) in [6.45, 7) is 8.88. The first-order valence-electron chi connectivity index (χ1n) is 9.06. The summed E-state index contributed by atoms with van der Waals surface area (Å²) < 4.78 is 5.00. The normalized spacial score (nSPS) is 39.2. The highest BCUT2D eigenvalue weighted by molar-refractivity contribution is 5.90. The smallest absolute Gasteiger partial charge is 0.334 e. The maximum absolute atomic E-state index is 12.0. The molecule has 2 saturated carbocycles. The zero-order valence-electron chi connectivity index (χ0n) is 14.8. The number of carbonyl (C=O) groups is 2. The van der Waals surface area contributed by atoms with Gasteiger partial charge in [0.2, 0.25) is 0 Å². The molecular weight excluding hydrogens is 304 g/mol. The molecule has 3 aliphatic rings. The Morgan fingerprint density at radius 3 is 2.79 bits per heavy atom. The molecule has 0 aromatic rings. The summed E-state index contributed by atoms with van der Waals surface area (Å²) in [4.78, 5) is 23.7. The van der Waals surface area contributed by atoms with E-state index in [0.717, 1.165) is 44.1 Å². The Labute approximate surface area is 144 Å². The highest BCUT2D eigenvalue weighted by Gasteiger charge is 2.57. The van der Waals surface area contributed by atoms with Gasteiger partial charge in [0.1, 0.15) is 6.61 Å². The number of fused-ring (bicyclic) bond motifs is 1. The van der Waals surface area contributed by atoms with E-state index in [1.807, 2.05) is 13.0 Å². The first-order chi connectivity index (χ1) is 11.3. The van der Waals surface area contributed by atoms with Crippen molar-refractivity contribution in [1.29, 1.82) is 0 Å². The molecule has 132 valence electrons. The Balaban J connectivity index is 1.83. The molecule has 2 fully saturated rings. The predicted molar refractivity (Wildman–Crippen MR) is 91.3 cm³/mol. The molecule has 0 spiro atoms. The fourth-order valence-corrected chi connectivity index (χ4v) is 5.64. The first-order valence-corrected chi connectivity index (χ1v) is 9.06. The number of carboxylic acid groups (broad SMARTS) is 1. The van der Waals surface area contributed by atoms with Gasteiger partial charge in [-0.2, -0.15) is 0 Å². The third-order valence-electron chi connectivity index (χ3n) is 7.02. The third kappa shape index (κ3) is 2.60. The second-order valence-corrected chi connectivity index (χ2v) is 8.25. The van der Waals surface area contributed by atoms with E-state index in [2.05, 4.69) is 13.5 Å². The standard InChI is InChI=1S/C20H28O4/c1-13-5-8-16-19(2,10-4-11-20(16,3)18(22)23)15(13)7-6-14-9-12-24-17(14)21/h9,15-16H,1,4-8,10-12H2,2-3H3,(H,22,23)/t15-,16?,19+,20-/m1/s1. The number of allylic oxidation sites excluding steroid dienone is 1. The number of ether oxygens (including phenoxy) is 1. The van der Waals surface area contributed by atoms with E-state index in [1.165, 1.54) is 5.57 Å². The van der Waals surface area contributed by atoms with Crippen LogP contribution >= 0.6 is 0 Å². The van der Waals surface area contributed by atoms with Crippen LogP contribution in [0.25, 0.3) is 0 Å². The molecule has 1 unspecified atom stereocenters. The van der Waals surface area contributed by atoms with Crippen molar-refractivity contribution in [2.75, 3.05) is 6.61 Å². The minimum absolute atomic E-state index is 0.0379. The molecule has 1 N–H and O–H groups in total. The van der Waals surface area contributed by atoms with E-state index < -0.39 is 11.4 Å². The first kappa shape index (κ1) is 17.2. The predicted octanol–water partition coefficient (Wildman–Crippen LogP) is 4.11. The molecule has 0 saturated heterocycles. The molecule has 3 rings (SSSR count). The SMILES string of the molecule is C=C1CCC2[C@](C)(C(=O)O)CCC[C@@]2(C)[C@@H]1CCC1=CCOC1=O. The lowest BCUT2D eigenvalue weighted by Crippen LogP contribution is -2.53. The molecule has 1 aliphatic heterocycles. The van der Waals surface area contributed by atoms with Crippen LogP contribution in [0.5, 0.6) is 0 Å². The number of carbonyl (C=O) groups excluding carboxylic acids is 1. The highest BCUT2D eigenvalue weighted by atomic mass is 16.5. The second kappa shape index (κ2) is 6.05. The van der Waals surface area contributed by atoms with Crippen LogP contribution in [0, 0.1) is 22.7 Å². The monoisotopic (exact) mass is 332 g/mol. The van der Waals surface area contributed by atoms with Gasteiger partial charge in [-0.25, -0.2) is 4.79 Å². The Morgan fingerprint density at radius 1 is 1.42 bits per heavy atom. The van der Waals surface area contributed by atoms with Gasteiger partial charge in [-0.1, -0.05) is 25.5 Å². The van der Waals surface area contributed by atoms with Gasteiger partial charge in [-0.05, 0) is 68.8 Å². The van der Waals surface area contributed by atoms with Crippen LogP contribution < -0.4 is 0 Å². The van der Waals surface area contributed by atoms with Gasteiger partial charge < -0.3 is 9.84 Å². The van der Waals surface area contributed by atoms with Crippen LogP contribution in [-0.4, -0.2) is 23.7 Å². The number of cyclic esters (lactones) is 1. The summed E-state index contributed by atoms with van der Waals surface area (Å²) in [5, 5.41) is 9.85. The van der Waals surface area contributed by atoms with E-state index in [4.69, 9.17) is 4.74 Å². The fraction of sp³-hybridized carbons (Fsp3) is 0.700. The third-order valence-corrected chi connectivity index (χ3v) is 7.02. The summed E-state index contributed by atoms with van der Waals surface area (Å²) in [7, 11) is 0. The molecular formula is C20H28O4. The van der Waals surface area contributed by atoms with Crippen molar-refractivity contribution in [2.24, 2.45) is 22.7 Å². The van der Waals surface area contributed by atoms with Gasteiger partial charge in [0.15, 0.2) is 0 Å². The van der Waals surface area contributed by atoms with Gasteiger partial charge in [0, 0.05) is 5.57 Å². The minimum Gasteiger partial charge on any atom is -0.481 e. The molecule has 0 aromatic heterocycles. The van der Waals surface area contributed by atoms with Crippen molar-refractivity contribution in [3.63, 3.8) is 0 Å². The molecule has 4 nitrogen and oxygen atoms in total. The van der Waals surface area contributed by atoms with Gasteiger partial charge >= 0.3 is 11.9 Å². The summed E-state index contributed by atoms with van der Waals surface area (Å²) in [6.07, 6.45) is 8.01. The van der Waals surface area contributed by atoms with Gasteiger partial charge in [0.25, 0.3) is 0 Å². The van der Waals surface area contributed by atoms with E-state index in [9.17, 15) is 14.7 Å². The topological polar surface area (TPSA) is 63.6 Å². The van der Waals surface area contributed by atoms with Crippen LogP contribution in [0.2, 0.25) is 0 Å². The molecule has 0 aromatic carbocycles. The van der Waals surface area contributed by atoms with Crippen molar-refractivity contribution >= 4 is 11.9 Å². The fourth-order valence-electron chi connectivity index (χ4n) is 5.64. The maximum atomic E-state index is 12.0. The average molecular weight is 332 g/mol. The zero-order valence-corrected chi connectivity index (χ0v) is 14.8. The van der Waals surface area contributed by atoms with Gasteiger partial charge in [-0.3, -0.25) is 4.79 Å².